The maximum atomic E-state index is 10.9. The van der Waals surface area contributed by atoms with Crippen LogP contribution < -0.4 is 9.88 Å². The number of nitrogens with zero attached hydrogens (tertiary/aromatic N) is 1. The summed E-state index contributed by atoms with van der Waals surface area (Å²) >= 11 is 8.85. The second-order valence-corrected chi connectivity index (χ2v) is 6.85. The molecular weight excluding hydrogens is 392 g/mol. The Kier molecular flexibility index (Phi) is 6.81. The molecule has 0 aromatic heterocycles. The minimum atomic E-state index is -3.57. The first-order chi connectivity index (χ1) is 9.70. The van der Waals surface area contributed by atoms with Crippen LogP contribution in [0.25, 0.3) is 0 Å². The van der Waals surface area contributed by atoms with Crippen molar-refractivity contribution in [1.29, 1.82) is 0 Å². The number of halogens is 2. The largest absolute Gasteiger partial charge is 0.484 e. The van der Waals surface area contributed by atoms with E-state index in [9.17, 15) is 18.5 Å². The third-order valence-electron chi connectivity index (χ3n) is 2.17. The molecule has 0 radical (unpaired) electrons. The number of rotatable bonds is 8. The van der Waals surface area contributed by atoms with Gasteiger partial charge in [0.15, 0.2) is 0 Å². The first-order valence-electron chi connectivity index (χ1n) is 5.55. The lowest BCUT2D eigenvalue weighted by molar-refractivity contribution is -0.386. The van der Waals surface area contributed by atoms with Gasteiger partial charge in [-0.1, -0.05) is 11.6 Å². The minimum Gasteiger partial charge on any atom is -0.484 e. The zero-order valence-corrected chi connectivity index (χ0v) is 13.8. The summed E-state index contributed by atoms with van der Waals surface area (Å²) in [6.45, 7) is -0.0144. The fourth-order valence-corrected chi connectivity index (χ4v) is 2.56. The second kappa shape index (κ2) is 7.90. The fraction of sp³-hybridized carbons (Fsp3) is 0.400. The van der Waals surface area contributed by atoms with E-state index in [2.05, 4.69) is 15.9 Å². The molecule has 0 amide bonds. The van der Waals surface area contributed by atoms with Crippen molar-refractivity contribution < 1.29 is 22.8 Å². The molecule has 0 atom stereocenters. The number of benzene rings is 1. The maximum Gasteiger partial charge on any atom is 0.313 e. The normalized spacial score (nSPS) is 11.4. The van der Waals surface area contributed by atoms with Crippen LogP contribution >= 0.6 is 27.5 Å². The highest BCUT2D eigenvalue weighted by Crippen LogP contribution is 2.37. The van der Waals surface area contributed by atoms with E-state index in [0.29, 0.717) is 4.47 Å². The van der Waals surface area contributed by atoms with Gasteiger partial charge in [0.05, 0.1) is 28.4 Å². The molecule has 0 aliphatic heterocycles. The summed E-state index contributed by atoms with van der Waals surface area (Å²) < 4.78 is 31.9. The number of ether oxygens (including phenoxy) is 2. The molecular formula is C10H12BrClN2O6S. The highest BCUT2D eigenvalue weighted by atomic mass is 79.9. The van der Waals surface area contributed by atoms with Crippen LogP contribution in [0, 0.1) is 10.1 Å². The number of hydrogen-bond acceptors (Lipinski definition) is 6. The quantitative estimate of drug-likeness (QED) is 0.400. The van der Waals surface area contributed by atoms with Crippen molar-refractivity contribution in [3.8, 4) is 5.75 Å². The lowest BCUT2D eigenvalue weighted by Crippen LogP contribution is -2.21. The zero-order chi connectivity index (χ0) is 16.0. The Morgan fingerprint density at radius 1 is 1.33 bits per heavy atom. The molecule has 2 N–H and O–H groups in total. The molecule has 0 aliphatic carbocycles. The molecule has 0 fully saturated rings. The van der Waals surface area contributed by atoms with Crippen molar-refractivity contribution in [2.45, 2.75) is 0 Å². The fourth-order valence-electron chi connectivity index (χ4n) is 1.31. The van der Waals surface area contributed by atoms with E-state index in [1.54, 1.807) is 0 Å². The average Bonchev–Trinajstić information content (AvgIpc) is 2.33. The molecule has 0 heterocycles. The van der Waals surface area contributed by atoms with Crippen LogP contribution in [0.5, 0.6) is 5.75 Å². The van der Waals surface area contributed by atoms with Gasteiger partial charge in [0.2, 0.25) is 15.8 Å². The molecule has 21 heavy (non-hydrogen) atoms. The molecule has 0 spiro atoms. The topological polar surface area (TPSA) is 122 Å². The lowest BCUT2D eigenvalue weighted by Gasteiger charge is -2.09. The Labute approximate surface area is 134 Å². The Hall–Kier alpha value is -0.940. The highest BCUT2D eigenvalue weighted by Gasteiger charge is 2.19. The molecule has 0 aliphatic rings. The molecule has 1 aromatic carbocycles. The maximum absolute atomic E-state index is 10.9. The van der Waals surface area contributed by atoms with Crippen molar-refractivity contribution >= 4 is 43.2 Å². The van der Waals surface area contributed by atoms with E-state index >= 15 is 0 Å². The molecule has 1 rings (SSSR count). The molecule has 118 valence electrons. The van der Waals surface area contributed by atoms with E-state index in [-0.39, 0.29) is 42.0 Å². The van der Waals surface area contributed by atoms with Crippen LogP contribution in [0.15, 0.2) is 16.6 Å². The van der Waals surface area contributed by atoms with Gasteiger partial charge in [0, 0.05) is 11.1 Å². The molecule has 0 unspecified atom stereocenters. The standard InChI is InChI=1S/C10H12BrClN2O6S/c11-8-5-7(12)6-9(14(15)16)10(8)20-2-1-19-3-4-21(13,17)18/h5-6H,1-4H2,(H2,13,17,18). The van der Waals surface area contributed by atoms with Gasteiger partial charge in [0.25, 0.3) is 0 Å². The zero-order valence-electron chi connectivity index (χ0n) is 10.6. The average molecular weight is 404 g/mol. The number of nitro groups is 1. The highest BCUT2D eigenvalue weighted by molar-refractivity contribution is 9.10. The Bertz CT molecular complexity index is 624. The third kappa shape index (κ3) is 6.57. The first kappa shape index (κ1) is 18.1. The van der Waals surface area contributed by atoms with E-state index in [4.69, 9.17) is 26.2 Å². The first-order valence-corrected chi connectivity index (χ1v) is 8.44. The van der Waals surface area contributed by atoms with E-state index in [0.717, 1.165) is 0 Å². The van der Waals surface area contributed by atoms with E-state index < -0.39 is 14.9 Å². The van der Waals surface area contributed by atoms with Gasteiger partial charge in [0.1, 0.15) is 6.61 Å². The number of primary sulfonamides is 1. The number of nitro benzene ring substituents is 1. The summed E-state index contributed by atoms with van der Waals surface area (Å²) in [7, 11) is -3.57. The summed E-state index contributed by atoms with van der Waals surface area (Å²) in [5, 5.41) is 15.9. The van der Waals surface area contributed by atoms with Crippen molar-refractivity contribution in [2.75, 3.05) is 25.6 Å². The summed E-state index contributed by atoms with van der Waals surface area (Å²) in [5.74, 6) is -0.280. The van der Waals surface area contributed by atoms with Gasteiger partial charge in [-0.05, 0) is 22.0 Å². The Balaban J connectivity index is 2.54. The molecule has 0 saturated heterocycles. The Morgan fingerprint density at radius 3 is 2.57 bits per heavy atom. The molecule has 11 heteroatoms. The van der Waals surface area contributed by atoms with Crippen molar-refractivity contribution in [2.24, 2.45) is 5.14 Å². The molecule has 0 saturated carbocycles. The van der Waals surface area contributed by atoms with Gasteiger partial charge in [-0.15, -0.1) is 0 Å². The summed E-state index contributed by atoms with van der Waals surface area (Å²) in [5.41, 5.74) is -0.279. The monoisotopic (exact) mass is 402 g/mol. The number of nitrogens with two attached hydrogens (primary N) is 1. The SMILES string of the molecule is NS(=O)(=O)CCOCCOc1c(Br)cc(Cl)cc1[N+](=O)[O-]. The van der Waals surface area contributed by atoms with Crippen LogP contribution in [0.4, 0.5) is 5.69 Å². The summed E-state index contributed by atoms with van der Waals surface area (Å²) in [6.07, 6.45) is 0. The lowest BCUT2D eigenvalue weighted by atomic mass is 10.3. The summed E-state index contributed by atoms with van der Waals surface area (Å²) in [6, 6.07) is 2.63. The van der Waals surface area contributed by atoms with Crippen LogP contribution in [0.1, 0.15) is 0 Å². The van der Waals surface area contributed by atoms with Crippen molar-refractivity contribution in [3.63, 3.8) is 0 Å². The predicted molar refractivity (Wildman–Crippen MR) is 80.1 cm³/mol. The number of hydrogen-bond donors (Lipinski definition) is 1. The predicted octanol–water partition coefficient (Wildman–Crippen LogP) is 1.69. The van der Waals surface area contributed by atoms with Crippen LogP contribution in [0.3, 0.4) is 0 Å². The Morgan fingerprint density at radius 2 is 2.00 bits per heavy atom. The van der Waals surface area contributed by atoms with E-state index in [1.165, 1.54) is 12.1 Å². The minimum absolute atomic E-state index is 0.00565. The molecule has 8 nitrogen and oxygen atoms in total. The van der Waals surface area contributed by atoms with Gasteiger partial charge >= 0.3 is 5.69 Å². The summed E-state index contributed by atoms with van der Waals surface area (Å²) in [4.78, 5) is 10.3. The van der Waals surface area contributed by atoms with Crippen LogP contribution in [0.2, 0.25) is 5.02 Å². The van der Waals surface area contributed by atoms with E-state index in [1.807, 2.05) is 0 Å². The van der Waals surface area contributed by atoms with Gasteiger partial charge in [-0.25, -0.2) is 13.6 Å². The van der Waals surface area contributed by atoms with Gasteiger partial charge in [-0.2, -0.15) is 0 Å². The molecule has 0 bridgehead atoms. The van der Waals surface area contributed by atoms with Gasteiger partial charge in [-0.3, -0.25) is 10.1 Å². The van der Waals surface area contributed by atoms with Crippen molar-refractivity contribution in [3.05, 3.63) is 31.7 Å². The third-order valence-corrected chi connectivity index (χ3v) is 3.71. The van der Waals surface area contributed by atoms with Crippen molar-refractivity contribution in [1.82, 2.24) is 0 Å². The number of sulfonamides is 1. The second-order valence-electron chi connectivity index (χ2n) is 3.82. The van der Waals surface area contributed by atoms with Crippen LogP contribution in [-0.4, -0.2) is 38.9 Å². The van der Waals surface area contributed by atoms with Crippen LogP contribution in [-0.2, 0) is 14.8 Å². The smallest absolute Gasteiger partial charge is 0.313 e. The molecule has 1 aromatic rings. The van der Waals surface area contributed by atoms with Gasteiger partial charge < -0.3 is 9.47 Å².